The molecule has 1 aliphatic heterocycles. The quantitative estimate of drug-likeness (QED) is 0.711. The Morgan fingerprint density at radius 3 is 2.28 bits per heavy atom. The standard InChI is InChI=1S/C11H13Cl2NO4/c12-14(13)11(7-4-2-1-3-5-7)10(17)9(16)8(6-15)18-11/h1-5,8-10,15-17H,6H2/t8-,9-,10-,11?/m1/s1. The average molecular weight is 294 g/mol. The van der Waals surface area contributed by atoms with E-state index in [4.69, 9.17) is 33.4 Å². The summed E-state index contributed by atoms with van der Waals surface area (Å²) in [6, 6.07) is 8.55. The highest BCUT2D eigenvalue weighted by Gasteiger charge is 2.58. The van der Waals surface area contributed by atoms with E-state index >= 15 is 0 Å². The van der Waals surface area contributed by atoms with Crippen LogP contribution in [0.25, 0.3) is 0 Å². The Labute approximate surface area is 114 Å². The largest absolute Gasteiger partial charge is 0.394 e. The number of aliphatic hydroxyl groups excluding tert-OH is 3. The van der Waals surface area contributed by atoms with Crippen molar-refractivity contribution in [3.63, 3.8) is 0 Å². The number of ether oxygens (including phenoxy) is 1. The molecule has 1 saturated heterocycles. The molecule has 0 spiro atoms. The molecule has 1 aliphatic rings. The van der Waals surface area contributed by atoms with Gasteiger partial charge in [0.15, 0.2) is 0 Å². The molecule has 0 bridgehead atoms. The van der Waals surface area contributed by atoms with E-state index in [1.165, 1.54) is 0 Å². The second-order valence-corrected chi connectivity index (χ2v) is 4.92. The molecule has 2 rings (SSSR count). The first-order chi connectivity index (χ1) is 8.54. The fourth-order valence-corrected chi connectivity index (χ4v) is 2.58. The van der Waals surface area contributed by atoms with Crippen LogP contribution in [-0.4, -0.2) is 44.2 Å². The first-order valence-corrected chi connectivity index (χ1v) is 6.03. The van der Waals surface area contributed by atoms with Gasteiger partial charge in [0.2, 0.25) is 5.72 Å². The van der Waals surface area contributed by atoms with Crippen molar-refractivity contribution in [1.29, 1.82) is 0 Å². The Morgan fingerprint density at radius 2 is 1.83 bits per heavy atom. The van der Waals surface area contributed by atoms with Crippen LogP contribution in [0.4, 0.5) is 0 Å². The molecule has 0 aromatic heterocycles. The molecule has 1 unspecified atom stereocenters. The number of benzene rings is 1. The second kappa shape index (κ2) is 5.30. The zero-order valence-corrected chi connectivity index (χ0v) is 10.8. The van der Waals surface area contributed by atoms with Crippen LogP contribution in [0.5, 0.6) is 0 Å². The lowest BCUT2D eigenvalue weighted by molar-refractivity contribution is -0.139. The smallest absolute Gasteiger partial charge is 0.204 e. The van der Waals surface area contributed by atoms with Crippen LogP contribution in [0.1, 0.15) is 5.56 Å². The van der Waals surface area contributed by atoms with Gasteiger partial charge in [-0.3, -0.25) is 0 Å². The van der Waals surface area contributed by atoms with Crippen LogP contribution in [0.3, 0.4) is 0 Å². The molecular formula is C11H13Cl2NO4. The average Bonchev–Trinajstić information content (AvgIpc) is 2.65. The highest BCUT2D eigenvalue weighted by atomic mass is 35.5. The Kier molecular flexibility index (Phi) is 4.13. The lowest BCUT2D eigenvalue weighted by atomic mass is 9.96. The Bertz CT molecular complexity index is 405. The summed E-state index contributed by atoms with van der Waals surface area (Å²) in [7, 11) is 0. The lowest BCUT2D eigenvalue weighted by Gasteiger charge is -2.34. The SMILES string of the molecule is OC[C@H]1OC(c2ccccc2)(N(Cl)Cl)[C@H](O)[C@@H]1O. The Hall–Kier alpha value is -0.400. The minimum atomic E-state index is -1.60. The maximum atomic E-state index is 10.1. The molecule has 7 heteroatoms. The summed E-state index contributed by atoms with van der Waals surface area (Å²) in [5.41, 5.74) is -1.12. The third-order valence-corrected chi connectivity index (χ3v) is 3.56. The van der Waals surface area contributed by atoms with Gasteiger partial charge >= 0.3 is 0 Å². The molecule has 0 saturated carbocycles. The van der Waals surface area contributed by atoms with E-state index in [1.807, 2.05) is 0 Å². The van der Waals surface area contributed by atoms with Crippen molar-refractivity contribution in [2.45, 2.75) is 24.0 Å². The van der Waals surface area contributed by atoms with E-state index in [2.05, 4.69) is 0 Å². The molecule has 1 fully saturated rings. The summed E-state index contributed by atoms with van der Waals surface area (Å²) in [6.45, 7) is -0.450. The molecule has 0 aliphatic carbocycles. The number of halogens is 2. The number of hydrogen-bond acceptors (Lipinski definition) is 5. The molecule has 1 heterocycles. The molecule has 1 aromatic rings. The number of nitrogens with zero attached hydrogens (tertiary/aromatic N) is 1. The van der Waals surface area contributed by atoms with Gasteiger partial charge in [0, 0.05) is 5.56 Å². The monoisotopic (exact) mass is 293 g/mol. The molecule has 4 atom stereocenters. The predicted octanol–water partition coefficient (Wildman–Crippen LogP) is 0.562. The van der Waals surface area contributed by atoms with Crippen molar-refractivity contribution >= 4 is 23.6 Å². The summed E-state index contributed by atoms with van der Waals surface area (Å²) >= 11 is 11.6. The summed E-state index contributed by atoms with van der Waals surface area (Å²) < 4.78 is 6.14. The van der Waals surface area contributed by atoms with Crippen LogP contribution in [0.15, 0.2) is 30.3 Å². The lowest BCUT2D eigenvalue weighted by Crippen LogP contribution is -2.47. The van der Waals surface area contributed by atoms with E-state index in [0.29, 0.717) is 9.50 Å². The number of rotatable bonds is 3. The highest BCUT2D eigenvalue weighted by Crippen LogP contribution is 2.44. The van der Waals surface area contributed by atoms with Gasteiger partial charge in [-0.15, -0.1) is 0 Å². The van der Waals surface area contributed by atoms with E-state index in [-0.39, 0.29) is 0 Å². The van der Waals surface area contributed by atoms with Crippen LogP contribution in [0, 0.1) is 0 Å². The molecule has 0 amide bonds. The molecule has 5 nitrogen and oxygen atoms in total. The van der Waals surface area contributed by atoms with Crippen molar-refractivity contribution < 1.29 is 20.1 Å². The molecule has 0 radical (unpaired) electrons. The van der Waals surface area contributed by atoms with Crippen LogP contribution < -0.4 is 0 Å². The molecule has 18 heavy (non-hydrogen) atoms. The maximum absolute atomic E-state index is 10.1. The normalized spacial score (nSPS) is 36.2. The Balaban J connectivity index is 2.47. The maximum Gasteiger partial charge on any atom is 0.204 e. The topological polar surface area (TPSA) is 73.2 Å². The van der Waals surface area contributed by atoms with Crippen molar-refractivity contribution in [1.82, 2.24) is 3.94 Å². The van der Waals surface area contributed by atoms with Gasteiger partial charge in [0.25, 0.3) is 0 Å². The Morgan fingerprint density at radius 1 is 1.22 bits per heavy atom. The fourth-order valence-electron chi connectivity index (χ4n) is 2.10. The van der Waals surface area contributed by atoms with Gasteiger partial charge in [-0.2, -0.15) is 0 Å². The molecule has 100 valence electrons. The van der Waals surface area contributed by atoms with Gasteiger partial charge in [-0.05, 0) is 23.6 Å². The van der Waals surface area contributed by atoms with E-state index in [0.717, 1.165) is 0 Å². The zero-order chi connectivity index (χ0) is 13.3. The third-order valence-electron chi connectivity index (χ3n) is 3.05. The fraction of sp³-hybridized carbons (Fsp3) is 0.455. The van der Waals surface area contributed by atoms with Gasteiger partial charge < -0.3 is 20.1 Å². The molecular weight excluding hydrogens is 281 g/mol. The van der Waals surface area contributed by atoms with Gasteiger partial charge in [0.1, 0.15) is 18.3 Å². The first-order valence-electron chi connectivity index (χ1n) is 5.36. The number of hydrogen-bond donors (Lipinski definition) is 3. The van der Waals surface area contributed by atoms with Crippen LogP contribution in [0.2, 0.25) is 0 Å². The summed E-state index contributed by atoms with van der Waals surface area (Å²) in [6.07, 6.45) is -3.62. The first kappa shape index (κ1) is 14.0. The molecule has 3 N–H and O–H groups in total. The van der Waals surface area contributed by atoms with Gasteiger partial charge in [0.05, 0.1) is 6.61 Å². The minimum absolute atomic E-state index is 0.450. The van der Waals surface area contributed by atoms with Crippen molar-refractivity contribution in [3.05, 3.63) is 35.9 Å². The van der Waals surface area contributed by atoms with E-state index < -0.39 is 30.6 Å². The van der Waals surface area contributed by atoms with Gasteiger partial charge in [-0.1, -0.05) is 34.3 Å². The minimum Gasteiger partial charge on any atom is -0.394 e. The third kappa shape index (κ3) is 2.02. The van der Waals surface area contributed by atoms with Crippen molar-refractivity contribution in [2.24, 2.45) is 0 Å². The number of aliphatic hydroxyl groups is 3. The summed E-state index contributed by atoms with van der Waals surface area (Å²) in [5.74, 6) is 0. The highest BCUT2D eigenvalue weighted by molar-refractivity contribution is 6.34. The second-order valence-electron chi connectivity index (χ2n) is 4.07. The van der Waals surface area contributed by atoms with Crippen molar-refractivity contribution in [2.75, 3.05) is 6.61 Å². The van der Waals surface area contributed by atoms with Crippen molar-refractivity contribution in [3.8, 4) is 0 Å². The summed E-state index contributed by atoms with van der Waals surface area (Å²) in [4.78, 5) is 0. The predicted molar refractivity (Wildman–Crippen MR) is 65.6 cm³/mol. The molecule has 1 aromatic carbocycles. The van der Waals surface area contributed by atoms with E-state index in [9.17, 15) is 10.2 Å². The summed E-state index contributed by atoms with van der Waals surface area (Å²) in [5, 5.41) is 29.1. The van der Waals surface area contributed by atoms with Crippen LogP contribution >= 0.6 is 23.6 Å². The van der Waals surface area contributed by atoms with E-state index in [1.54, 1.807) is 30.3 Å². The van der Waals surface area contributed by atoms with Crippen LogP contribution in [-0.2, 0) is 10.5 Å². The zero-order valence-electron chi connectivity index (χ0n) is 9.28. The van der Waals surface area contributed by atoms with Gasteiger partial charge in [-0.25, -0.2) is 0 Å².